The second kappa shape index (κ2) is 4.61. The van der Waals surface area contributed by atoms with Crippen LogP contribution in [0.1, 0.15) is 23.6 Å². The quantitative estimate of drug-likeness (QED) is 0.617. The van der Waals surface area contributed by atoms with Crippen molar-refractivity contribution in [3.05, 3.63) is 59.7 Å². The number of aryl methyl sites for hydroxylation is 1. The zero-order chi connectivity index (χ0) is 10.6. The summed E-state index contributed by atoms with van der Waals surface area (Å²) in [5.74, 6) is 0. The lowest BCUT2D eigenvalue weighted by molar-refractivity contribution is 1.44. The highest BCUT2D eigenvalue weighted by Crippen LogP contribution is 2.15. The molecule has 0 aliphatic rings. The molecular weight excluding hydrogens is 168 g/mol. The Bertz CT molecular complexity index is 381. The third-order valence-electron chi connectivity index (χ3n) is 2.01. The number of allylic oxidation sites excluding steroid dienone is 2. The summed E-state index contributed by atoms with van der Waals surface area (Å²) >= 11 is 0. The Labute approximate surface area is 86.3 Å². The zero-order valence-corrected chi connectivity index (χ0v) is 8.88. The molecule has 0 saturated heterocycles. The van der Waals surface area contributed by atoms with Crippen LogP contribution in [0, 0.1) is 6.92 Å². The average Bonchev–Trinajstić information content (AvgIpc) is 2.15. The van der Waals surface area contributed by atoms with Crippen molar-refractivity contribution in [2.24, 2.45) is 0 Å². The standard InChI is InChI=1S/C14H16/c1-5-13-9-7-12(4)10-14(13)8-6-11(2)3/h5-10H,1-2H2,3-4H3/b8-6-. The van der Waals surface area contributed by atoms with E-state index < -0.39 is 0 Å². The summed E-state index contributed by atoms with van der Waals surface area (Å²) in [4.78, 5) is 0. The maximum Gasteiger partial charge on any atom is -0.0182 e. The van der Waals surface area contributed by atoms with Crippen LogP contribution in [0.2, 0.25) is 0 Å². The third-order valence-corrected chi connectivity index (χ3v) is 2.01. The highest BCUT2D eigenvalue weighted by Gasteiger charge is 1.95. The molecule has 0 heteroatoms. The monoisotopic (exact) mass is 184 g/mol. The SMILES string of the molecule is C=Cc1ccc(C)cc1/C=C\C(=C)C. The molecule has 1 aromatic carbocycles. The van der Waals surface area contributed by atoms with E-state index in [1.54, 1.807) is 0 Å². The topological polar surface area (TPSA) is 0 Å². The molecule has 0 aromatic heterocycles. The van der Waals surface area contributed by atoms with E-state index in [1.165, 1.54) is 11.1 Å². The van der Waals surface area contributed by atoms with E-state index in [0.29, 0.717) is 0 Å². The van der Waals surface area contributed by atoms with Crippen molar-refractivity contribution >= 4 is 12.2 Å². The smallest absolute Gasteiger partial charge is 0.0182 e. The van der Waals surface area contributed by atoms with E-state index in [-0.39, 0.29) is 0 Å². The second-order valence-corrected chi connectivity index (χ2v) is 3.52. The van der Waals surface area contributed by atoms with E-state index in [4.69, 9.17) is 0 Å². The van der Waals surface area contributed by atoms with Gasteiger partial charge in [0, 0.05) is 0 Å². The molecule has 0 atom stereocenters. The minimum atomic E-state index is 1.06. The summed E-state index contributed by atoms with van der Waals surface area (Å²) in [5.41, 5.74) is 4.68. The summed E-state index contributed by atoms with van der Waals surface area (Å²) in [6.07, 6.45) is 5.96. The average molecular weight is 184 g/mol. The molecule has 0 bridgehead atoms. The number of hydrogen-bond donors (Lipinski definition) is 0. The third kappa shape index (κ3) is 2.74. The van der Waals surface area contributed by atoms with E-state index in [9.17, 15) is 0 Å². The van der Waals surface area contributed by atoms with Crippen LogP contribution in [0.4, 0.5) is 0 Å². The Hall–Kier alpha value is -1.56. The van der Waals surface area contributed by atoms with Gasteiger partial charge in [0.2, 0.25) is 0 Å². The van der Waals surface area contributed by atoms with Crippen molar-refractivity contribution in [2.75, 3.05) is 0 Å². The van der Waals surface area contributed by atoms with Gasteiger partial charge in [0.05, 0.1) is 0 Å². The fraction of sp³-hybridized carbons (Fsp3) is 0.143. The molecular formula is C14H16. The van der Waals surface area contributed by atoms with Crippen molar-refractivity contribution in [1.82, 2.24) is 0 Å². The predicted octanol–water partition coefficient (Wildman–Crippen LogP) is 4.23. The van der Waals surface area contributed by atoms with E-state index in [1.807, 2.05) is 19.1 Å². The normalized spacial score (nSPS) is 10.4. The van der Waals surface area contributed by atoms with Crippen LogP contribution in [-0.4, -0.2) is 0 Å². The van der Waals surface area contributed by atoms with Gasteiger partial charge in [0.25, 0.3) is 0 Å². The summed E-state index contributed by atoms with van der Waals surface area (Å²) < 4.78 is 0. The van der Waals surface area contributed by atoms with Crippen LogP contribution >= 0.6 is 0 Å². The summed E-state index contributed by atoms with van der Waals surface area (Å²) in [5, 5.41) is 0. The van der Waals surface area contributed by atoms with Crippen LogP contribution < -0.4 is 0 Å². The second-order valence-electron chi connectivity index (χ2n) is 3.52. The molecule has 1 rings (SSSR count). The van der Waals surface area contributed by atoms with Crippen molar-refractivity contribution < 1.29 is 0 Å². The number of hydrogen-bond acceptors (Lipinski definition) is 0. The van der Waals surface area contributed by atoms with E-state index >= 15 is 0 Å². The minimum Gasteiger partial charge on any atom is -0.0984 e. The van der Waals surface area contributed by atoms with Crippen LogP contribution in [0.5, 0.6) is 0 Å². The molecule has 0 spiro atoms. The van der Waals surface area contributed by atoms with Crippen LogP contribution in [-0.2, 0) is 0 Å². The molecule has 0 nitrogen and oxygen atoms in total. The Kier molecular flexibility index (Phi) is 3.47. The first-order valence-electron chi connectivity index (χ1n) is 4.70. The van der Waals surface area contributed by atoms with E-state index in [2.05, 4.69) is 44.4 Å². The van der Waals surface area contributed by atoms with Crippen LogP contribution in [0.15, 0.2) is 43.0 Å². The van der Waals surface area contributed by atoms with Crippen molar-refractivity contribution in [2.45, 2.75) is 13.8 Å². The van der Waals surface area contributed by atoms with Gasteiger partial charge in [-0.1, -0.05) is 60.7 Å². The van der Waals surface area contributed by atoms with E-state index in [0.717, 1.165) is 11.1 Å². The molecule has 0 amide bonds. The summed E-state index contributed by atoms with van der Waals surface area (Å²) in [6.45, 7) is 11.7. The van der Waals surface area contributed by atoms with Crippen molar-refractivity contribution in [3.63, 3.8) is 0 Å². The Balaban J connectivity index is 3.10. The molecule has 0 radical (unpaired) electrons. The van der Waals surface area contributed by atoms with Gasteiger partial charge in [-0.15, -0.1) is 0 Å². The van der Waals surface area contributed by atoms with Gasteiger partial charge in [-0.2, -0.15) is 0 Å². The van der Waals surface area contributed by atoms with Crippen molar-refractivity contribution in [1.29, 1.82) is 0 Å². The molecule has 0 aliphatic heterocycles. The molecule has 0 heterocycles. The Morgan fingerprint density at radius 2 is 2.00 bits per heavy atom. The first-order chi connectivity index (χ1) is 6.63. The number of rotatable bonds is 3. The number of benzene rings is 1. The van der Waals surface area contributed by atoms with Crippen LogP contribution in [0.25, 0.3) is 12.2 Å². The van der Waals surface area contributed by atoms with Gasteiger partial charge in [-0.3, -0.25) is 0 Å². The summed E-state index contributed by atoms with van der Waals surface area (Å²) in [6, 6.07) is 6.33. The highest BCUT2D eigenvalue weighted by atomic mass is 14.0. The fourth-order valence-corrected chi connectivity index (χ4v) is 1.26. The maximum absolute atomic E-state index is 3.84. The predicted molar refractivity (Wildman–Crippen MR) is 65.1 cm³/mol. The molecule has 0 aliphatic carbocycles. The maximum atomic E-state index is 3.84. The molecule has 0 N–H and O–H groups in total. The Morgan fingerprint density at radius 1 is 1.29 bits per heavy atom. The van der Waals surface area contributed by atoms with Gasteiger partial charge >= 0.3 is 0 Å². The van der Waals surface area contributed by atoms with Crippen molar-refractivity contribution in [3.8, 4) is 0 Å². The Morgan fingerprint density at radius 3 is 2.57 bits per heavy atom. The molecule has 72 valence electrons. The minimum absolute atomic E-state index is 1.06. The molecule has 0 fully saturated rings. The molecule has 14 heavy (non-hydrogen) atoms. The summed E-state index contributed by atoms with van der Waals surface area (Å²) in [7, 11) is 0. The van der Waals surface area contributed by atoms with Gasteiger partial charge in [0.15, 0.2) is 0 Å². The largest absolute Gasteiger partial charge is 0.0984 e. The van der Waals surface area contributed by atoms with Gasteiger partial charge < -0.3 is 0 Å². The lowest BCUT2D eigenvalue weighted by Crippen LogP contribution is -1.82. The first-order valence-corrected chi connectivity index (χ1v) is 4.70. The van der Waals surface area contributed by atoms with Crippen LogP contribution in [0.3, 0.4) is 0 Å². The lowest BCUT2D eigenvalue weighted by atomic mass is 10.0. The molecule has 1 aromatic rings. The highest BCUT2D eigenvalue weighted by molar-refractivity contribution is 5.66. The molecule has 0 saturated carbocycles. The molecule has 0 unspecified atom stereocenters. The van der Waals surface area contributed by atoms with Gasteiger partial charge in [-0.05, 0) is 25.0 Å². The zero-order valence-electron chi connectivity index (χ0n) is 8.88. The fourth-order valence-electron chi connectivity index (χ4n) is 1.26. The lowest BCUT2D eigenvalue weighted by Gasteiger charge is -2.02. The van der Waals surface area contributed by atoms with Gasteiger partial charge in [-0.25, -0.2) is 0 Å². The first kappa shape index (κ1) is 10.5. The van der Waals surface area contributed by atoms with Gasteiger partial charge in [0.1, 0.15) is 0 Å².